The van der Waals surface area contributed by atoms with Gasteiger partial charge in [-0.05, 0) is 36.9 Å². The number of β-amino-alcohol motifs (C(OH)–C–C–N with tert-alkyl or cyclic N) is 1. The molecule has 1 N–H and O–H groups in total. The van der Waals surface area contributed by atoms with E-state index in [1.54, 1.807) is 0 Å². The smallest absolute Gasteiger partial charge is 0.0916 e. The Hall–Kier alpha value is -0.900. The summed E-state index contributed by atoms with van der Waals surface area (Å²) in [4.78, 5) is 4.72. The van der Waals surface area contributed by atoms with Gasteiger partial charge in [0.1, 0.15) is 0 Å². The third-order valence-electron chi connectivity index (χ3n) is 5.17. The molecule has 116 valence electrons. The highest BCUT2D eigenvalue weighted by atomic mass is 16.3. The predicted molar refractivity (Wildman–Crippen MR) is 86.5 cm³/mol. The van der Waals surface area contributed by atoms with Crippen molar-refractivity contribution in [1.29, 1.82) is 0 Å². The first-order valence-corrected chi connectivity index (χ1v) is 8.41. The molecule has 1 aromatic rings. The zero-order valence-electron chi connectivity index (χ0n) is 13.2. The standard InChI is InChI=1S/C18H28N2O/c1-19-10-12-20(13-11-19)14-18(21)17-8-6-16(7-9-17)15-4-2-3-5-15/h6-9,15,18,21H,2-5,10-14H2,1H3/t18-/m1/s1. The molecule has 1 saturated heterocycles. The van der Waals surface area contributed by atoms with Crippen molar-refractivity contribution in [1.82, 2.24) is 9.80 Å². The number of nitrogens with zero attached hydrogens (tertiary/aromatic N) is 2. The highest BCUT2D eigenvalue weighted by Gasteiger charge is 2.19. The summed E-state index contributed by atoms with van der Waals surface area (Å²) in [5.41, 5.74) is 2.53. The van der Waals surface area contributed by atoms with Crippen LogP contribution in [0.5, 0.6) is 0 Å². The van der Waals surface area contributed by atoms with Crippen molar-refractivity contribution in [3.8, 4) is 0 Å². The Morgan fingerprint density at radius 3 is 2.29 bits per heavy atom. The van der Waals surface area contributed by atoms with Crippen LogP contribution >= 0.6 is 0 Å². The molecule has 3 rings (SSSR count). The molecule has 1 saturated carbocycles. The number of piperazine rings is 1. The van der Waals surface area contributed by atoms with Gasteiger partial charge in [0.15, 0.2) is 0 Å². The summed E-state index contributed by atoms with van der Waals surface area (Å²) < 4.78 is 0. The highest BCUT2D eigenvalue weighted by Crippen LogP contribution is 2.34. The Balaban J connectivity index is 1.55. The van der Waals surface area contributed by atoms with Crippen LogP contribution in [0.4, 0.5) is 0 Å². The van der Waals surface area contributed by atoms with Crippen LogP contribution in [0.3, 0.4) is 0 Å². The van der Waals surface area contributed by atoms with Gasteiger partial charge >= 0.3 is 0 Å². The van der Waals surface area contributed by atoms with Crippen LogP contribution in [0, 0.1) is 0 Å². The molecule has 3 heteroatoms. The molecule has 0 unspecified atom stereocenters. The van der Waals surface area contributed by atoms with Crippen LogP contribution in [0.15, 0.2) is 24.3 Å². The summed E-state index contributed by atoms with van der Waals surface area (Å²) in [6.45, 7) is 5.10. The summed E-state index contributed by atoms with van der Waals surface area (Å²) in [5, 5.41) is 10.4. The normalized spacial score (nSPS) is 23.5. The number of hydrogen-bond acceptors (Lipinski definition) is 3. The number of rotatable bonds is 4. The topological polar surface area (TPSA) is 26.7 Å². The molecule has 1 heterocycles. The molecule has 3 nitrogen and oxygen atoms in total. The molecular formula is C18H28N2O. The maximum Gasteiger partial charge on any atom is 0.0916 e. The highest BCUT2D eigenvalue weighted by molar-refractivity contribution is 5.27. The van der Waals surface area contributed by atoms with Crippen LogP contribution in [0.25, 0.3) is 0 Å². The van der Waals surface area contributed by atoms with Gasteiger partial charge < -0.3 is 10.0 Å². The second kappa shape index (κ2) is 6.91. The summed E-state index contributed by atoms with van der Waals surface area (Å²) >= 11 is 0. The van der Waals surface area contributed by atoms with Gasteiger partial charge in [-0.3, -0.25) is 4.90 Å². The summed E-state index contributed by atoms with van der Waals surface area (Å²) in [6.07, 6.45) is 5.06. The third kappa shape index (κ3) is 3.85. The lowest BCUT2D eigenvalue weighted by molar-refractivity contribution is 0.0805. The Bertz CT molecular complexity index is 431. The van der Waals surface area contributed by atoms with Crippen LogP contribution in [0.2, 0.25) is 0 Å². The van der Waals surface area contributed by atoms with Gasteiger partial charge in [0.2, 0.25) is 0 Å². The van der Waals surface area contributed by atoms with Crippen molar-refractivity contribution >= 4 is 0 Å². The predicted octanol–water partition coefficient (Wildman–Crippen LogP) is 2.63. The van der Waals surface area contributed by atoms with E-state index >= 15 is 0 Å². The average molecular weight is 288 g/mol. The summed E-state index contributed by atoms with van der Waals surface area (Å²) in [6, 6.07) is 8.74. The summed E-state index contributed by atoms with van der Waals surface area (Å²) in [5.74, 6) is 0.758. The van der Waals surface area contributed by atoms with E-state index in [9.17, 15) is 5.11 Å². The Morgan fingerprint density at radius 2 is 1.67 bits per heavy atom. The minimum absolute atomic E-state index is 0.356. The molecule has 0 spiro atoms. The van der Waals surface area contributed by atoms with Crippen molar-refractivity contribution < 1.29 is 5.11 Å². The SMILES string of the molecule is CN1CCN(C[C@@H](O)c2ccc(C3CCCC3)cc2)CC1. The first-order valence-electron chi connectivity index (χ1n) is 8.41. The molecule has 1 aromatic carbocycles. The molecule has 1 aliphatic heterocycles. The van der Waals surface area contributed by atoms with Gasteiger partial charge in [-0.1, -0.05) is 37.1 Å². The van der Waals surface area contributed by atoms with E-state index in [1.165, 1.54) is 31.2 Å². The largest absolute Gasteiger partial charge is 0.387 e. The molecule has 0 amide bonds. The van der Waals surface area contributed by atoms with E-state index in [0.717, 1.165) is 44.2 Å². The molecule has 2 fully saturated rings. The Morgan fingerprint density at radius 1 is 1.05 bits per heavy atom. The maximum atomic E-state index is 10.4. The molecule has 1 aliphatic carbocycles. The van der Waals surface area contributed by atoms with E-state index in [2.05, 4.69) is 41.1 Å². The van der Waals surface area contributed by atoms with Gasteiger partial charge in [0.05, 0.1) is 6.10 Å². The van der Waals surface area contributed by atoms with E-state index in [-0.39, 0.29) is 6.10 Å². The fraction of sp³-hybridized carbons (Fsp3) is 0.667. The van der Waals surface area contributed by atoms with Gasteiger partial charge in [0, 0.05) is 32.7 Å². The molecule has 0 bridgehead atoms. The van der Waals surface area contributed by atoms with E-state index in [4.69, 9.17) is 0 Å². The maximum absolute atomic E-state index is 10.4. The van der Waals surface area contributed by atoms with Crippen LogP contribution in [-0.2, 0) is 0 Å². The number of likely N-dealkylation sites (N-methyl/N-ethyl adjacent to an activating group) is 1. The number of hydrogen-bond donors (Lipinski definition) is 1. The number of aliphatic hydroxyl groups is 1. The fourth-order valence-corrected chi connectivity index (χ4v) is 3.63. The van der Waals surface area contributed by atoms with Gasteiger partial charge in [-0.25, -0.2) is 0 Å². The average Bonchev–Trinajstić information content (AvgIpc) is 3.04. The molecule has 1 atom stereocenters. The van der Waals surface area contributed by atoms with Gasteiger partial charge in [-0.15, -0.1) is 0 Å². The second-order valence-electron chi connectivity index (χ2n) is 6.77. The van der Waals surface area contributed by atoms with Crippen LogP contribution in [-0.4, -0.2) is 54.7 Å². The summed E-state index contributed by atoms with van der Waals surface area (Å²) in [7, 11) is 2.16. The van der Waals surface area contributed by atoms with Crippen molar-refractivity contribution in [2.75, 3.05) is 39.8 Å². The minimum Gasteiger partial charge on any atom is -0.387 e. The van der Waals surface area contributed by atoms with E-state index in [0.29, 0.717) is 0 Å². The van der Waals surface area contributed by atoms with E-state index in [1.807, 2.05) is 0 Å². The third-order valence-corrected chi connectivity index (χ3v) is 5.17. The van der Waals surface area contributed by atoms with Crippen molar-refractivity contribution in [3.63, 3.8) is 0 Å². The van der Waals surface area contributed by atoms with Crippen LogP contribution in [0.1, 0.15) is 48.8 Å². The quantitative estimate of drug-likeness (QED) is 0.922. The lowest BCUT2D eigenvalue weighted by Gasteiger charge is -2.33. The Labute approximate surface area is 128 Å². The zero-order valence-corrected chi connectivity index (χ0v) is 13.2. The first kappa shape index (κ1) is 15.0. The molecule has 0 aromatic heterocycles. The van der Waals surface area contributed by atoms with Crippen molar-refractivity contribution in [2.45, 2.75) is 37.7 Å². The monoisotopic (exact) mass is 288 g/mol. The van der Waals surface area contributed by atoms with Crippen molar-refractivity contribution in [3.05, 3.63) is 35.4 Å². The van der Waals surface area contributed by atoms with Crippen LogP contribution < -0.4 is 0 Å². The zero-order chi connectivity index (χ0) is 14.7. The molecule has 21 heavy (non-hydrogen) atoms. The molecular weight excluding hydrogens is 260 g/mol. The molecule has 2 aliphatic rings. The van der Waals surface area contributed by atoms with Crippen molar-refractivity contribution in [2.24, 2.45) is 0 Å². The van der Waals surface area contributed by atoms with Gasteiger partial charge in [-0.2, -0.15) is 0 Å². The molecule has 0 radical (unpaired) electrons. The fourth-order valence-electron chi connectivity index (χ4n) is 3.63. The van der Waals surface area contributed by atoms with E-state index < -0.39 is 0 Å². The first-order chi connectivity index (χ1) is 10.2. The Kier molecular flexibility index (Phi) is 4.94. The lowest BCUT2D eigenvalue weighted by Crippen LogP contribution is -2.45. The number of benzene rings is 1. The second-order valence-corrected chi connectivity index (χ2v) is 6.77. The van der Waals surface area contributed by atoms with Gasteiger partial charge in [0.25, 0.3) is 0 Å². The minimum atomic E-state index is -0.356. The number of aliphatic hydroxyl groups excluding tert-OH is 1. The lowest BCUT2D eigenvalue weighted by atomic mass is 9.95.